The third kappa shape index (κ3) is 3.89. The third-order valence-electron chi connectivity index (χ3n) is 3.51. The molecule has 0 fully saturated rings. The smallest absolute Gasteiger partial charge is 0.337 e. The lowest BCUT2D eigenvalue weighted by atomic mass is 10.0. The predicted molar refractivity (Wildman–Crippen MR) is 84.4 cm³/mol. The minimum atomic E-state index is -0.924. The van der Waals surface area contributed by atoms with Crippen molar-refractivity contribution in [1.29, 1.82) is 0 Å². The molecule has 0 spiro atoms. The summed E-state index contributed by atoms with van der Waals surface area (Å²) < 4.78 is 0. The Kier molecular flexibility index (Phi) is 5.86. The summed E-state index contributed by atoms with van der Waals surface area (Å²) in [6.07, 6.45) is 1.99. The Bertz CT molecular complexity index is 454. The number of anilines is 2. The number of rotatable bonds is 7. The summed E-state index contributed by atoms with van der Waals surface area (Å²) in [6, 6.07) is 5.50. The molecule has 3 N–H and O–H groups in total. The molecule has 1 aromatic rings. The van der Waals surface area contributed by atoms with Crippen LogP contribution in [0.15, 0.2) is 18.2 Å². The van der Waals surface area contributed by atoms with E-state index in [4.69, 9.17) is 5.73 Å². The summed E-state index contributed by atoms with van der Waals surface area (Å²) in [7, 11) is 0. The van der Waals surface area contributed by atoms with Crippen molar-refractivity contribution in [3.05, 3.63) is 23.8 Å². The maximum Gasteiger partial charge on any atom is 0.337 e. The molecule has 0 bridgehead atoms. The highest BCUT2D eigenvalue weighted by molar-refractivity contribution is 5.95. The molecule has 0 saturated carbocycles. The number of hydrogen-bond donors (Lipinski definition) is 2. The van der Waals surface area contributed by atoms with E-state index in [2.05, 4.69) is 32.6 Å². The Balaban J connectivity index is 3.28. The van der Waals surface area contributed by atoms with Crippen LogP contribution in [-0.2, 0) is 0 Å². The molecule has 1 aromatic carbocycles. The Hall–Kier alpha value is -1.71. The fourth-order valence-electron chi connectivity index (χ4n) is 2.54. The van der Waals surface area contributed by atoms with Crippen LogP contribution in [0.4, 0.5) is 11.4 Å². The second kappa shape index (κ2) is 7.17. The van der Waals surface area contributed by atoms with Crippen molar-refractivity contribution >= 4 is 17.3 Å². The minimum absolute atomic E-state index is 0.289. The predicted octanol–water partition coefficient (Wildman–Crippen LogP) is 3.62. The summed E-state index contributed by atoms with van der Waals surface area (Å²) in [5.74, 6) is -0.457. The number of aromatic carboxylic acids is 1. The molecule has 0 atom stereocenters. The fraction of sp³-hybridized carbons (Fsp3) is 0.562. The van der Waals surface area contributed by atoms with Crippen LogP contribution in [0.25, 0.3) is 0 Å². The molecule has 0 aliphatic rings. The van der Waals surface area contributed by atoms with Crippen LogP contribution in [-0.4, -0.2) is 23.7 Å². The zero-order chi connectivity index (χ0) is 15.3. The lowest BCUT2D eigenvalue weighted by Crippen LogP contribution is -2.38. The molecule has 0 radical (unpaired) electrons. The Morgan fingerprint density at radius 2 is 1.90 bits per heavy atom. The van der Waals surface area contributed by atoms with Gasteiger partial charge in [-0.25, -0.2) is 4.79 Å². The van der Waals surface area contributed by atoms with E-state index in [-0.39, 0.29) is 5.56 Å². The number of nitrogens with zero attached hydrogens (tertiary/aromatic N) is 1. The lowest BCUT2D eigenvalue weighted by molar-refractivity contribution is 0.0697. The van der Waals surface area contributed by atoms with Crippen molar-refractivity contribution in [2.45, 2.75) is 46.6 Å². The second-order valence-electron chi connectivity index (χ2n) is 5.60. The van der Waals surface area contributed by atoms with Crippen molar-refractivity contribution in [2.24, 2.45) is 5.92 Å². The zero-order valence-electron chi connectivity index (χ0n) is 12.9. The topological polar surface area (TPSA) is 66.6 Å². The molecule has 112 valence electrons. The van der Waals surface area contributed by atoms with Gasteiger partial charge in [-0.3, -0.25) is 0 Å². The molecular weight excluding hydrogens is 252 g/mol. The summed E-state index contributed by atoms with van der Waals surface area (Å²) >= 11 is 0. The van der Waals surface area contributed by atoms with Gasteiger partial charge >= 0.3 is 5.97 Å². The third-order valence-corrected chi connectivity index (χ3v) is 3.51. The van der Waals surface area contributed by atoms with Gasteiger partial charge in [-0.1, -0.05) is 27.7 Å². The highest BCUT2D eigenvalue weighted by Gasteiger charge is 2.22. The Labute approximate surface area is 121 Å². The molecule has 20 heavy (non-hydrogen) atoms. The van der Waals surface area contributed by atoms with Crippen LogP contribution >= 0.6 is 0 Å². The van der Waals surface area contributed by atoms with Crippen molar-refractivity contribution in [2.75, 3.05) is 17.2 Å². The van der Waals surface area contributed by atoms with Crippen LogP contribution in [0.2, 0.25) is 0 Å². The molecule has 0 aliphatic heterocycles. The maximum atomic E-state index is 11.5. The Morgan fingerprint density at radius 1 is 1.30 bits per heavy atom. The lowest BCUT2D eigenvalue weighted by Gasteiger charge is -2.35. The van der Waals surface area contributed by atoms with Gasteiger partial charge in [0.2, 0.25) is 0 Å². The number of carboxylic acids is 1. The molecule has 4 nitrogen and oxygen atoms in total. The second-order valence-corrected chi connectivity index (χ2v) is 5.60. The molecule has 0 amide bonds. The van der Waals surface area contributed by atoms with Gasteiger partial charge in [-0.05, 0) is 37.0 Å². The Morgan fingerprint density at radius 3 is 2.35 bits per heavy atom. The summed E-state index contributed by atoms with van der Waals surface area (Å²) in [5, 5.41) is 9.42. The van der Waals surface area contributed by atoms with E-state index in [0.717, 1.165) is 25.1 Å². The molecule has 0 unspecified atom stereocenters. The van der Waals surface area contributed by atoms with E-state index in [9.17, 15) is 9.90 Å². The van der Waals surface area contributed by atoms with Crippen molar-refractivity contribution in [1.82, 2.24) is 0 Å². The van der Waals surface area contributed by atoms with Gasteiger partial charge in [-0.15, -0.1) is 0 Å². The summed E-state index contributed by atoms with van der Waals surface area (Å²) in [5.41, 5.74) is 7.27. The fourth-order valence-corrected chi connectivity index (χ4v) is 2.54. The van der Waals surface area contributed by atoms with E-state index in [1.165, 1.54) is 0 Å². The standard InChI is InChI=1S/C16H26N2O2/c1-5-13(6-2)18(10-11(3)4)15-8-7-12(17)9-14(15)16(19)20/h7-9,11,13H,5-6,10,17H2,1-4H3,(H,19,20). The van der Waals surface area contributed by atoms with E-state index in [1.54, 1.807) is 12.1 Å². The SMILES string of the molecule is CCC(CC)N(CC(C)C)c1ccc(N)cc1C(=O)O. The van der Waals surface area contributed by atoms with Crippen LogP contribution < -0.4 is 10.6 Å². The normalized spacial score (nSPS) is 11.1. The highest BCUT2D eigenvalue weighted by Crippen LogP contribution is 2.28. The number of carbonyl (C=O) groups is 1. The van der Waals surface area contributed by atoms with Crippen LogP contribution in [0.3, 0.4) is 0 Å². The van der Waals surface area contributed by atoms with Crippen molar-refractivity contribution in [3.8, 4) is 0 Å². The molecule has 0 saturated heterocycles. The first-order valence-corrected chi connectivity index (χ1v) is 7.30. The van der Waals surface area contributed by atoms with Gasteiger partial charge in [0.05, 0.1) is 11.3 Å². The molecular formula is C16H26N2O2. The van der Waals surface area contributed by atoms with Gasteiger partial charge in [0.25, 0.3) is 0 Å². The van der Waals surface area contributed by atoms with E-state index < -0.39 is 5.97 Å². The van der Waals surface area contributed by atoms with Gasteiger partial charge < -0.3 is 15.7 Å². The first kappa shape index (κ1) is 16.3. The molecule has 0 heterocycles. The number of nitrogen functional groups attached to an aromatic ring is 1. The minimum Gasteiger partial charge on any atom is -0.478 e. The van der Waals surface area contributed by atoms with Crippen molar-refractivity contribution in [3.63, 3.8) is 0 Å². The van der Waals surface area contributed by atoms with E-state index in [1.807, 2.05) is 6.07 Å². The van der Waals surface area contributed by atoms with Gasteiger partial charge in [0.15, 0.2) is 0 Å². The van der Waals surface area contributed by atoms with Crippen molar-refractivity contribution < 1.29 is 9.90 Å². The molecule has 1 rings (SSSR count). The number of carboxylic acid groups (broad SMARTS) is 1. The largest absolute Gasteiger partial charge is 0.478 e. The average molecular weight is 278 g/mol. The first-order valence-electron chi connectivity index (χ1n) is 7.30. The van der Waals surface area contributed by atoms with Crippen LogP contribution in [0, 0.1) is 5.92 Å². The maximum absolute atomic E-state index is 11.5. The summed E-state index contributed by atoms with van der Waals surface area (Å²) in [4.78, 5) is 13.7. The van der Waals surface area contributed by atoms with Crippen LogP contribution in [0.5, 0.6) is 0 Å². The first-order chi connectivity index (χ1) is 9.40. The van der Waals surface area contributed by atoms with Gasteiger partial charge in [0.1, 0.15) is 0 Å². The van der Waals surface area contributed by atoms with Crippen LogP contribution in [0.1, 0.15) is 50.9 Å². The highest BCUT2D eigenvalue weighted by atomic mass is 16.4. The van der Waals surface area contributed by atoms with E-state index >= 15 is 0 Å². The van der Waals surface area contributed by atoms with E-state index in [0.29, 0.717) is 17.6 Å². The number of nitrogens with two attached hydrogens (primary N) is 1. The zero-order valence-corrected chi connectivity index (χ0v) is 12.9. The molecule has 0 aromatic heterocycles. The molecule has 4 heteroatoms. The monoisotopic (exact) mass is 278 g/mol. The summed E-state index contributed by atoms with van der Waals surface area (Å²) in [6.45, 7) is 9.41. The quantitative estimate of drug-likeness (QED) is 0.748. The molecule has 0 aliphatic carbocycles. The average Bonchev–Trinajstić information content (AvgIpc) is 2.38. The number of hydrogen-bond acceptors (Lipinski definition) is 3. The van der Waals surface area contributed by atoms with Gasteiger partial charge in [0, 0.05) is 18.3 Å². The van der Waals surface area contributed by atoms with Gasteiger partial charge in [-0.2, -0.15) is 0 Å². The number of benzene rings is 1.